The van der Waals surface area contributed by atoms with Crippen LogP contribution < -0.4 is 0 Å². The number of carbonyl (C=O) groups is 2. The van der Waals surface area contributed by atoms with E-state index in [0.29, 0.717) is 31.3 Å². The van der Waals surface area contributed by atoms with Gasteiger partial charge in [-0.1, -0.05) is 6.07 Å². The Morgan fingerprint density at radius 2 is 1.58 bits per heavy atom. The second kappa shape index (κ2) is 10.8. The maximum atomic E-state index is 12.5. The molecule has 2 aliphatic heterocycles. The molecule has 2 aromatic rings. The van der Waals surface area contributed by atoms with Crippen LogP contribution in [0, 0.1) is 22.0 Å². The number of likely N-dealkylation sites (tertiary alicyclic amines) is 2. The standard InChI is InChI=1S/C24H29N3O5S/c28-23(16-22-2-1-15-33-22)25-11-7-19(8-12-25)20-9-13-26(14-10-20)24(29)32-17-18-3-5-21(6-4-18)27(30)31/h1-6,15,19-20H,7-14,16-17H2. The summed E-state index contributed by atoms with van der Waals surface area (Å²) in [5.41, 5.74) is 0.745. The Balaban J connectivity index is 1.16. The van der Waals surface area contributed by atoms with E-state index in [9.17, 15) is 19.7 Å². The zero-order valence-electron chi connectivity index (χ0n) is 18.6. The van der Waals surface area contributed by atoms with Crippen LogP contribution in [0.1, 0.15) is 36.1 Å². The topological polar surface area (TPSA) is 93.0 Å². The molecule has 176 valence electrons. The molecule has 2 saturated heterocycles. The van der Waals surface area contributed by atoms with Crippen molar-refractivity contribution in [2.45, 2.75) is 38.7 Å². The van der Waals surface area contributed by atoms with E-state index in [4.69, 9.17) is 4.74 Å². The Kier molecular flexibility index (Phi) is 7.59. The quantitative estimate of drug-likeness (QED) is 0.457. The number of hydrogen-bond acceptors (Lipinski definition) is 6. The van der Waals surface area contributed by atoms with Crippen molar-refractivity contribution in [3.8, 4) is 0 Å². The predicted molar refractivity (Wildman–Crippen MR) is 125 cm³/mol. The van der Waals surface area contributed by atoms with Gasteiger partial charge < -0.3 is 14.5 Å². The predicted octanol–water partition coefficient (Wildman–Crippen LogP) is 4.49. The van der Waals surface area contributed by atoms with E-state index in [-0.39, 0.29) is 24.3 Å². The van der Waals surface area contributed by atoms with Gasteiger partial charge in [0.2, 0.25) is 5.91 Å². The summed E-state index contributed by atoms with van der Waals surface area (Å²) >= 11 is 1.63. The fraction of sp³-hybridized carbons (Fsp3) is 0.500. The molecule has 1 aromatic carbocycles. The van der Waals surface area contributed by atoms with Gasteiger partial charge >= 0.3 is 6.09 Å². The lowest BCUT2D eigenvalue weighted by Crippen LogP contribution is -2.44. The molecule has 3 heterocycles. The molecule has 0 radical (unpaired) electrons. The molecule has 0 saturated carbocycles. The number of non-ortho nitro benzene ring substituents is 1. The molecule has 0 spiro atoms. The Hall–Kier alpha value is -2.94. The van der Waals surface area contributed by atoms with E-state index >= 15 is 0 Å². The number of thiophene rings is 1. The Labute approximate surface area is 197 Å². The van der Waals surface area contributed by atoms with Crippen LogP contribution in [-0.2, 0) is 22.6 Å². The summed E-state index contributed by atoms with van der Waals surface area (Å²) in [4.78, 5) is 40.1. The molecule has 33 heavy (non-hydrogen) atoms. The number of hydrogen-bond donors (Lipinski definition) is 0. The second-order valence-electron chi connectivity index (χ2n) is 8.78. The van der Waals surface area contributed by atoms with Gasteiger partial charge in [0.05, 0.1) is 11.3 Å². The van der Waals surface area contributed by atoms with Crippen molar-refractivity contribution in [3.05, 3.63) is 62.3 Å². The normalized spacial score (nSPS) is 17.7. The summed E-state index contributed by atoms with van der Waals surface area (Å²) in [5, 5.41) is 12.7. The minimum Gasteiger partial charge on any atom is -0.445 e. The van der Waals surface area contributed by atoms with Gasteiger partial charge in [-0.3, -0.25) is 14.9 Å². The monoisotopic (exact) mass is 471 g/mol. The van der Waals surface area contributed by atoms with Crippen molar-refractivity contribution < 1.29 is 19.2 Å². The second-order valence-corrected chi connectivity index (χ2v) is 9.81. The highest BCUT2D eigenvalue weighted by atomic mass is 32.1. The molecule has 0 atom stereocenters. The molecule has 4 rings (SSSR count). The maximum Gasteiger partial charge on any atom is 0.410 e. The number of nitro groups is 1. The van der Waals surface area contributed by atoms with Gasteiger partial charge in [0.25, 0.3) is 5.69 Å². The Morgan fingerprint density at radius 3 is 2.12 bits per heavy atom. The number of piperidine rings is 2. The smallest absolute Gasteiger partial charge is 0.410 e. The van der Waals surface area contributed by atoms with E-state index in [1.54, 1.807) is 28.4 Å². The third-order valence-corrected chi connectivity index (χ3v) is 7.65. The SMILES string of the molecule is O=C(Cc1cccs1)N1CCC(C2CCN(C(=O)OCc3ccc([N+](=O)[O-])cc3)CC2)CC1. The lowest BCUT2D eigenvalue weighted by Gasteiger charge is -2.40. The molecule has 8 nitrogen and oxygen atoms in total. The van der Waals surface area contributed by atoms with Crippen LogP contribution in [-0.4, -0.2) is 52.9 Å². The summed E-state index contributed by atoms with van der Waals surface area (Å²) in [6, 6.07) is 10.0. The minimum atomic E-state index is -0.452. The molecule has 1 aromatic heterocycles. The van der Waals surface area contributed by atoms with Gasteiger partial charge in [-0.15, -0.1) is 11.3 Å². The van der Waals surface area contributed by atoms with Crippen molar-refractivity contribution in [1.82, 2.24) is 9.80 Å². The zero-order valence-corrected chi connectivity index (χ0v) is 19.4. The van der Waals surface area contributed by atoms with Crippen LogP contribution in [0.2, 0.25) is 0 Å². The van der Waals surface area contributed by atoms with E-state index in [2.05, 4.69) is 0 Å². The first-order valence-electron chi connectivity index (χ1n) is 11.4. The highest BCUT2D eigenvalue weighted by Gasteiger charge is 2.32. The molecule has 2 fully saturated rings. The number of nitro benzene ring substituents is 1. The van der Waals surface area contributed by atoms with Gasteiger partial charge in [-0.2, -0.15) is 0 Å². The molecule has 0 bridgehead atoms. The van der Waals surface area contributed by atoms with Crippen LogP contribution in [0.5, 0.6) is 0 Å². The van der Waals surface area contributed by atoms with E-state index in [1.165, 1.54) is 12.1 Å². The molecule has 0 N–H and O–H groups in total. The summed E-state index contributed by atoms with van der Waals surface area (Å²) in [6.07, 6.45) is 4.15. The summed E-state index contributed by atoms with van der Waals surface area (Å²) in [7, 11) is 0. The van der Waals surface area contributed by atoms with Gasteiger partial charge in [0.15, 0.2) is 0 Å². The van der Waals surface area contributed by atoms with Crippen molar-refractivity contribution in [2.24, 2.45) is 11.8 Å². The third kappa shape index (κ3) is 6.10. The third-order valence-electron chi connectivity index (χ3n) is 6.77. The van der Waals surface area contributed by atoms with Gasteiger partial charge in [-0.25, -0.2) is 4.79 Å². The highest BCUT2D eigenvalue weighted by Crippen LogP contribution is 2.33. The van der Waals surface area contributed by atoms with Crippen LogP contribution >= 0.6 is 11.3 Å². The molecule has 2 aliphatic rings. The minimum absolute atomic E-state index is 0.0184. The molecule has 0 aliphatic carbocycles. The van der Waals surface area contributed by atoms with Crippen LogP contribution in [0.3, 0.4) is 0 Å². The number of nitrogens with zero attached hydrogens (tertiary/aromatic N) is 3. The largest absolute Gasteiger partial charge is 0.445 e. The van der Waals surface area contributed by atoms with Gasteiger partial charge in [-0.05, 0) is 66.7 Å². The first kappa shape index (κ1) is 23.2. The van der Waals surface area contributed by atoms with Gasteiger partial charge in [0, 0.05) is 43.2 Å². The van der Waals surface area contributed by atoms with Gasteiger partial charge in [0.1, 0.15) is 6.61 Å². The average molecular weight is 472 g/mol. The molecule has 9 heteroatoms. The fourth-order valence-electron chi connectivity index (χ4n) is 4.80. The molecule has 0 unspecified atom stereocenters. The first-order valence-corrected chi connectivity index (χ1v) is 12.3. The number of benzene rings is 1. The zero-order chi connectivity index (χ0) is 23.2. The number of ether oxygens (including phenoxy) is 1. The van der Waals surface area contributed by atoms with Crippen LogP contribution in [0.25, 0.3) is 0 Å². The highest BCUT2D eigenvalue weighted by molar-refractivity contribution is 7.10. The Morgan fingerprint density at radius 1 is 0.970 bits per heavy atom. The first-order chi connectivity index (χ1) is 16.0. The fourth-order valence-corrected chi connectivity index (χ4v) is 5.49. The number of carbonyl (C=O) groups excluding carboxylic acids is 2. The maximum absolute atomic E-state index is 12.5. The van der Waals surface area contributed by atoms with Crippen LogP contribution in [0.15, 0.2) is 41.8 Å². The Bertz CT molecular complexity index is 947. The molecular weight excluding hydrogens is 442 g/mol. The van der Waals surface area contributed by atoms with Crippen molar-refractivity contribution in [2.75, 3.05) is 26.2 Å². The summed E-state index contributed by atoms with van der Waals surface area (Å²) in [6.45, 7) is 3.12. The van der Waals surface area contributed by atoms with E-state index in [0.717, 1.165) is 49.2 Å². The van der Waals surface area contributed by atoms with E-state index in [1.807, 2.05) is 22.4 Å². The summed E-state index contributed by atoms with van der Waals surface area (Å²) < 4.78 is 5.41. The lowest BCUT2D eigenvalue weighted by molar-refractivity contribution is -0.384. The van der Waals surface area contributed by atoms with Crippen molar-refractivity contribution in [3.63, 3.8) is 0 Å². The lowest BCUT2D eigenvalue weighted by atomic mass is 9.79. The average Bonchev–Trinajstić information content (AvgIpc) is 3.36. The number of amides is 2. The van der Waals surface area contributed by atoms with Crippen molar-refractivity contribution >= 4 is 29.0 Å². The molecular formula is C24H29N3O5S. The molecule has 2 amide bonds. The van der Waals surface area contributed by atoms with Crippen LogP contribution in [0.4, 0.5) is 10.5 Å². The van der Waals surface area contributed by atoms with Crippen molar-refractivity contribution in [1.29, 1.82) is 0 Å². The summed E-state index contributed by atoms with van der Waals surface area (Å²) in [5.74, 6) is 1.41. The number of rotatable bonds is 6. The van der Waals surface area contributed by atoms with E-state index < -0.39 is 4.92 Å².